The molecule has 0 heterocycles. The fourth-order valence-electron chi connectivity index (χ4n) is 1.87. The van der Waals surface area contributed by atoms with Crippen molar-refractivity contribution < 1.29 is 4.74 Å². The third kappa shape index (κ3) is 3.34. The number of benzene rings is 2. The van der Waals surface area contributed by atoms with Crippen molar-refractivity contribution >= 4 is 21.6 Å². The van der Waals surface area contributed by atoms with E-state index < -0.39 is 0 Å². The summed E-state index contributed by atoms with van der Waals surface area (Å²) in [5, 5.41) is 0. The smallest absolute Gasteiger partial charge is 0.141 e. The molecule has 0 aromatic heterocycles. The minimum Gasteiger partial charge on any atom is -0.456 e. The van der Waals surface area contributed by atoms with Gasteiger partial charge in [-0.3, -0.25) is 0 Å². The van der Waals surface area contributed by atoms with E-state index in [0.717, 1.165) is 28.1 Å². The topological polar surface area (TPSA) is 35.2 Å². The molecular formula is C17H20BrNO. The molecule has 0 fully saturated rings. The summed E-state index contributed by atoms with van der Waals surface area (Å²) in [6.45, 7) is 6.69. The summed E-state index contributed by atoms with van der Waals surface area (Å²) in [7, 11) is 0. The molecule has 2 aromatic carbocycles. The zero-order valence-corrected chi connectivity index (χ0v) is 13.7. The summed E-state index contributed by atoms with van der Waals surface area (Å²) in [6, 6.07) is 13.7. The zero-order valence-electron chi connectivity index (χ0n) is 12.1. The van der Waals surface area contributed by atoms with Crippen LogP contribution >= 0.6 is 15.9 Å². The van der Waals surface area contributed by atoms with Gasteiger partial charge in [0.05, 0.1) is 4.47 Å². The van der Waals surface area contributed by atoms with Crippen molar-refractivity contribution in [1.29, 1.82) is 0 Å². The number of ether oxygens (including phenoxy) is 1. The summed E-state index contributed by atoms with van der Waals surface area (Å²) in [5.41, 5.74) is 7.87. The summed E-state index contributed by atoms with van der Waals surface area (Å²) >= 11 is 3.59. The third-order valence-electron chi connectivity index (χ3n) is 3.71. The van der Waals surface area contributed by atoms with E-state index >= 15 is 0 Å². The number of rotatable bonds is 4. The van der Waals surface area contributed by atoms with Gasteiger partial charge in [-0.05, 0) is 69.7 Å². The number of nitrogens with two attached hydrogens (primary N) is 1. The van der Waals surface area contributed by atoms with Crippen LogP contribution in [0.1, 0.15) is 32.8 Å². The van der Waals surface area contributed by atoms with Gasteiger partial charge in [-0.15, -0.1) is 0 Å². The Labute approximate surface area is 129 Å². The van der Waals surface area contributed by atoms with E-state index in [1.54, 1.807) is 0 Å². The highest BCUT2D eigenvalue weighted by atomic mass is 79.9. The maximum absolute atomic E-state index is 5.86. The lowest BCUT2D eigenvalue weighted by Crippen LogP contribution is -2.15. The highest BCUT2D eigenvalue weighted by Gasteiger charge is 2.19. The first-order valence-corrected chi connectivity index (χ1v) is 7.55. The Morgan fingerprint density at radius 3 is 2.30 bits per heavy atom. The number of nitrogen functional groups attached to an aromatic ring is 1. The fourth-order valence-corrected chi connectivity index (χ4v) is 2.33. The Morgan fingerprint density at radius 2 is 1.75 bits per heavy atom. The predicted molar refractivity (Wildman–Crippen MR) is 88.4 cm³/mol. The van der Waals surface area contributed by atoms with Gasteiger partial charge in [0.15, 0.2) is 0 Å². The van der Waals surface area contributed by atoms with Gasteiger partial charge in [0.2, 0.25) is 0 Å². The van der Waals surface area contributed by atoms with E-state index in [-0.39, 0.29) is 5.41 Å². The lowest BCUT2D eigenvalue weighted by atomic mass is 9.82. The number of hydrogen-bond donors (Lipinski definition) is 1. The first-order valence-electron chi connectivity index (χ1n) is 6.76. The van der Waals surface area contributed by atoms with E-state index in [2.05, 4.69) is 48.8 Å². The van der Waals surface area contributed by atoms with Gasteiger partial charge >= 0.3 is 0 Å². The molecule has 0 saturated carbocycles. The Bertz CT molecular complexity index is 590. The average Bonchev–Trinajstić information content (AvgIpc) is 2.43. The van der Waals surface area contributed by atoms with E-state index in [1.165, 1.54) is 5.56 Å². The lowest BCUT2D eigenvalue weighted by molar-refractivity contribution is 0.475. The van der Waals surface area contributed by atoms with Gasteiger partial charge in [0.25, 0.3) is 0 Å². The highest BCUT2D eigenvalue weighted by Crippen LogP contribution is 2.35. The monoisotopic (exact) mass is 333 g/mol. The summed E-state index contributed by atoms with van der Waals surface area (Å²) in [5.74, 6) is 1.59. The predicted octanol–water partition coefficient (Wildman–Crippen LogP) is 5.51. The van der Waals surface area contributed by atoms with Gasteiger partial charge in [0, 0.05) is 5.69 Å². The second-order valence-corrected chi connectivity index (χ2v) is 6.41. The van der Waals surface area contributed by atoms with Crippen LogP contribution in [0.5, 0.6) is 11.5 Å². The van der Waals surface area contributed by atoms with Crippen molar-refractivity contribution in [3.8, 4) is 11.5 Å². The van der Waals surface area contributed by atoms with Crippen molar-refractivity contribution in [2.45, 2.75) is 32.6 Å². The molecule has 20 heavy (non-hydrogen) atoms. The molecule has 0 aliphatic carbocycles. The molecule has 0 unspecified atom stereocenters. The van der Waals surface area contributed by atoms with E-state index in [9.17, 15) is 0 Å². The Hall–Kier alpha value is -1.48. The van der Waals surface area contributed by atoms with E-state index in [1.807, 2.05) is 30.3 Å². The summed E-state index contributed by atoms with van der Waals surface area (Å²) in [4.78, 5) is 0. The largest absolute Gasteiger partial charge is 0.456 e. The first kappa shape index (κ1) is 14.9. The minimum absolute atomic E-state index is 0.169. The van der Waals surface area contributed by atoms with E-state index in [0.29, 0.717) is 0 Å². The third-order valence-corrected chi connectivity index (χ3v) is 4.32. The van der Waals surface area contributed by atoms with Gasteiger partial charge in [0.1, 0.15) is 11.5 Å². The van der Waals surface area contributed by atoms with Crippen LogP contribution in [-0.2, 0) is 5.41 Å². The van der Waals surface area contributed by atoms with Crippen LogP contribution in [-0.4, -0.2) is 0 Å². The Balaban J connectivity index is 2.24. The summed E-state index contributed by atoms with van der Waals surface area (Å²) < 4.78 is 6.83. The molecule has 0 bridgehead atoms. The van der Waals surface area contributed by atoms with Crippen LogP contribution in [0.4, 0.5) is 5.69 Å². The minimum atomic E-state index is 0.169. The molecule has 2 N–H and O–H groups in total. The normalized spacial score (nSPS) is 11.4. The molecule has 2 nitrogen and oxygen atoms in total. The van der Waals surface area contributed by atoms with Crippen LogP contribution in [0.2, 0.25) is 0 Å². The second kappa shape index (κ2) is 5.88. The second-order valence-electron chi connectivity index (χ2n) is 5.55. The maximum Gasteiger partial charge on any atom is 0.141 e. The standard InChI is InChI=1S/C17H20BrNO/c1-4-17(2,3)12-5-10-16(15(18)11-12)20-14-8-6-13(19)7-9-14/h5-11H,4,19H2,1-3H3. The van der Waals surface area contributed by atoms with Crippen LogP contribution in [0.15, 0.2) is 46.9 Å². The molecule has 0 aliphatic rings. The molecule has 106 valence electrons. The van der Waals surface area contributed by atoms with Crippen LogP contribution < -0.4 is 10.5 Å². The van der Waals surface area contributed by atoms with Crippen LogP contribution in [0.25, 0.3) is 0 Å². The molecule has 0 amide bonds. The molecule has 0 atom stereocenters. The molecule has 0 spiro atoms. The SMILES string of the molecule is CCC(C)(C)c1ccc(Oc2ccc(N)cc2)c(Br)c1. The van der Waals surface area contributed by atoms with Crippen LogP contribution in [0, 0.1) is 0 Å². The average molecular weight is 334 g/mol. The lowest BCUT2D eigenvalue weighted by Gasteiger charge is -2.24. The Morgan fingerprint density at radius 1 is 1.10 bits per heavy atom. The molecule has 0 saturated heterocycles. The number of halogens is 1. The van der Waals surface area contributed by atoms with E-state index in [4.69, 9.17) is 10.5 Å². The van der Waals surface area contributed by atoms with Crippen molar-refractivity contribution in [1.82, 2.24) is 0 Å². The molecular weight excluding hydrogens is 314 g/mol. The molecule has 2 aromatic rings. The van der Waals surface area contributed by atoms with Crippen molar-refractivity contribution in [3.05, 3.63) is 52.5 Å². The number of anilines is 1. The van der Waals surface area contributed by atoms with Gasteiger partial charge < -0.3 is 10.5 Å². The quantitative estimate of drug-likeness (QED) is 0.748. The summed E-state index contributed by atoms with van der Waals surface area (Å²) in [6.07, 6.45) is 1.09. The Kier molecular flexibility index (Phi) is 4.39. The fraction of sp³-hybridized carbons (Fsp3) is 0.294. The zero-order chi connectivity index (χ0) is 14.8. The first-order chi connectivity index (χ1) is 9.42. The van der Waals surface area contributed by atoms with Crippen LogP contribution in [0.3, 0.4) is 0 Å². The maximum atomic E-state index is 5.86. The molecule has 3 heteroatoms. The molecule has 0 radical (unpaired) electrons. The van der Waals surface area contributed by atoms with Crippen molar-refractivity contribution in [3.63, 3.8) is 0 Å². The highest BCUT2D eigenvalue weighted by molar-refractivity contribution is 9.10. The molecule has 0 aliphatic heterocycles. The van der Waals surface area contributed by atoms with Gasteiger partial charge in [-0.25, -0.2) is 0 Å². The molecule has 2 rings (SSSR count). The van der Waals surface area contributed by atoms with Crippen molar-refractivity contribution in [2.75, 3.05) is 5.73 Å². The van der Waals surface area contributed by atoms with Gasteiger partial charge in [-0.1, -0.05) is 26.8 Å². The van der Waals surface area contributed by atoms with Crippen molar-refractivity contribution in [2.24, 2.45) is 0 Å². The number of hydrogen-bond acceptors (Lipinski definition) is 2. The van der Waals surface area contributed by atoms with Gasteiger partial charge in [-0.2, -0.15) is 0 Å².